The molecule has 0 saturated heterocycles. The number of nitrogens with one attached hydrogen (secondary N) is 1. The lowest BCUT2D eigenvalue weighted by Crippen LogP contribution is -1.93. The van der Waals surface area contributed by atoms with Gasteiger partial charge in [-0.05, 0) is 24.3 Å². The van der Waals surface area contributed by atoms with Gasteiger partial charge >= 0.3 is 0 Å². The number of thiazole rings is 1. The molecule has 0 spiro atoms. The van der Waals surface area contributed by atoms with Crippen LogP contribution >= 0.6 is 34.4 Å². The number of hydrogen-bond acceptors (Lipinski definition) is 10. The van der Waals surface area contributed by atoms with Crippen molar-refractivity contribution < 1.29 is 9.84 Å². The van der Waals surface area contributed by atoms with Crippen LogP contribution in [0.3, 0.4) is 0 Å². The number of rotatable bonds is 7. The molecule has 0 aliphatic rings. The molecule has 0 saturated carbocycles. The van der Waals surface area contributed by atoms with Gasteiger partial charge in [-0.25, -0.2) is 4.98 Å². The van der Waals surface area contributed by atoms with Crippen molar-refractivity contribution in [3.05, 3.63) is 59.3 Å². The number of methoxy groups -OCH3 is 1. The Morgan fingerprint density at radius 2 is 1.97 bits per heavy atom. The maximum absolute atomic E-state index is 10.5. The number of aliphatic hydroxyl groups is 1. The Morgan fingerprint density at radius 1 is 1.17 bits per heavy atom. The van der Waals surface area contributed by atoms with Gasteiger partial charge < -0.3 is 15.2 Å². The average molecular weight is 454 g/mol. The van der Waals surface area contributed by atoms with Gasteiger partial charge in [-0.3, -0.25) is 0 Å². The molecule has 2 heterocycles. The van der Waals surface area contributed by atoms with Crippen molar-refractivity contribution in [3.8, 4) is 11.8 Å². The van der Waals surface area contributed by atoms with E-state index >= 15 is 0 Å². The second-order valence-electron chi connectivity index (χ2n) is 5.91. The number of hydrogen-bond donors (Lipinski definition) is 2. The molecule has 0 atom stereocenters. The smallest absolute Gasteiger partial charge is 0.210 e. The Bertz CT molecular complexity index is 1230. The lowest BCUT2D eigenvalue weighted by atomic mass is 10.2. The maximum Gasteiger partial charge on any atom is 0.210 e. The predicted molar refractivity (Wildman–Crippen MR) is 122 cm³/mol. The molecule has 0 fully saturated rings. The topological polar surface area (TPSA) is 104 Å². The number of nitriles is 1. The third-order valence-electron chi connectivity index (χ3n) is 4.00. The van der Waals surface area contributed by atoms with Gasteiger partial charge in [0.05, 0.1) is 28.8 Å². The zero-order chi connectivity index (χ0) is 20.9. The molecule has 0 aliphatic heterocycles. The Labute approximate surface area is 184 Å². The summed E-state index contributed by atoms with van der Waals surface area (Å²) in [6.07, 6.45) is 0. The summed E-state index contributed by atoms with van der Waals surface area (Å²) < 4.78 is 6.96. The van der Waals surface area contributed by atoms with Crippen molar-refractivity contribution in [3.63, 3.8) is 0 Å². The van der Waals surface area contributed by atoms with Gasteiger partial charge in [0, 0.05) is 0 Å². The van der Waals surface area contributed by atoms with Gasteiger partial charge in [-0.1, -0.05) is 47.4 Å². The Morgan fingerprint density at radius 3 is 2.77 bits per heavy atom. The molecule has 4 rings (SSSR count). The average Bonchev–Trinajstić information content (AvgIpc) is 3.40. The highest BCUT2D eigenvalue weighted by Gasteiger charge is 2.15. The zero-order valence-electron chi connectivity index (χ0n) is 15.7. The van der Waals surface area contributed by atoms with Crippen LogP contribution in [0, 0.1) is 11.3 Å². The number of para-hydroxylation sites is 3. The van der Waals surface area contributed by atoms with Gasteiger partial charge in [-0.15, -0.1) is 21.5 Å². The summed E-state index contributed by atoms with van der Waals surface area (Å²) in [5.41, 5.74) is 1.78. The quantitative estimate of drug-likeness (QED) is 0.215. The Kier molecular flexibility index (Phi) is 6.13. The second kappa shape index (κ2) is 9.13. The van der Waals surface area contributed by atoms with Crippen LogP contribution in [0.2, 0.25) is 0 Å². The number of aliphatic hydroxyl groups excluding tert-OH is 1. The molecular weight excluding hydrogens is 438 g/mol. The summed E-state index contributed by atoms with van der Waals surface area (Å²) in [5.74, 6) is 0.871. The summed E-state index contributed by atoms with van der Waals surface area (Å²) in [7, 11) is 1.61. The van der Waals surface area contributed by atoms with Crippen molar-refractivity contribution in [2.45, 2.75) is 4.34 Å². The fourth-order valence-electron chi connectivity index (χ4n) is 2.60. The summed E-state index contributed by atoms with van der Waals surface area (Å²) in [6, 6.07) is 17.2. The van der Waals surface area contributed by atoms with Gasteiger partial charge in [0.2, 0.25) is 5.13 Å². The molecule has 30 heavy (non-hydrogen) atoms. The maximum atomic E-state index is 10.5. The number of nitrogens with zero attached hydrogens (tertiary/aromatic N) is 4. The molecule has 0 amide bonds. The third-order valence-corrected chi connectivity index (χ3v) is 7.03. The van der Waals surface area contributed by atoms with Crippen LogP contribution in [0.1, 0.15) is 5.01 Å². The molecule has 150 valence electrons. The third kappa shape index (κ3) is 4.38. The highest BCUT2D eigenvalue weighted by Crippen LogP contribution is 2.33. The Hall–Kier alpha value is -3.13. The minimum Gasteiger partial charge on any atom is -0.510 e. The number of thioether (sulfide) groups is 1. The Balaban J connectivity index is 1.46. The number of aromatic nitrogens is 3. The minimum atomic E-state index is -0.0315. The molecule has 2 aromatic carbocycles. The lowest BCUT2D eigenvalue weighted by molar-refractivity contribution is 0.417. The fourth-order valence-corrected chi connectivity index (χ4v) is 5.22. The van der Waals surface area contributed by atoms with E-state index in [2.05, 4.69) is 26.6 Å². The first kappa shape index (κ1) is 20.2. The SMILES string of the molecule is COc1ccccc1Nc1nnc(SC/C(O)=C(\C#N)c2nc3ccccc3s2)s1. The standard InChI is InChI=1S/C20H15N5O2S3/c1-27-16-8-4-2-6-13(16)23-19-24-25-20(30-19)28-11-15(26)12(10-21)18-22-14-7-3-5-9-17(14)29-18/h2-9,26H,11H2,1H3,(H,23,24)/b15-12-. The fraction of sp³-hybridized carbons (Fsp3) is 0.100. The first-order valence-corrected chi connectivity index (χ1v) is 11.3. The molecule has 10 heteroatoms. The van der Waals surface area contributed by atoms with Crippen molar-refractivity contribution in [1.82, 2.24) is 15.2 Å². The van der Waals surface area contributed by atoms with E-state index in [1.807, 2.05) is 48.5 Å². The van der Waals surface area contributed by atoms with Crippen molar-refractivity contribution in [2.75, 3.05) is 18.2 Å². The van der Waals surface area contributed by atoms with E-state index in [1.165, 1.54) is 34.4 Å². The summed E-state index contributed by atoms with van der Waals surface area (Å²) in [5, 5.41) is 32.6. The second-order valence-corrected chi connectivity index (χ2v) is 9.14. The highest BCUT2D eigenvalue weighted by molar-refractivity contribution is 8.01. The number of benzene rings is 2. The number of anilines is 2. The van der Waals surface area contributed by atoms with Crippen LogP contribution in [-0.2, 0) is 0 Å². The molecule has 0 radical (unpaired) electrons. The van der Waals surface area contributed by atoms with E-state index in [0.717, 1.165) is 15.9 Å². The molecule has 0 aliphatic carbocycles. The van der Waals surface area contributed by atoms with Gasteiger partial charge in [-0.2, -0.15) is 5.26 Å². The number of fused-ring (bicyclic) bond motifs is 1. The largest absolute Gasteiger partial charge is 0.510 e. The van der Waals surface area contributed by atoms with Crippen LogP contribution in [0.15, 0.2) is 58.6 Å². The van der Waals surface area contributed by atoms with Crippen LogP contribution in [0.5, 0.6) is 5.75 Å². The van der Waals surface area contributed by atoms with Crippen LogP contribution in [0.4, 0.5) is 10.8 Å². The number of ether oxygens (including phenoxy) is 1. The van der Waals surface area contributed by atoms with E-state index in [-0.39, 0.29) is 17.1 Å². The first-order valence-electron chi connectivity index (χ1n) is 8.72. The summed E-state index contributed by atoms with van der Waals surface area (Å²) in [6.45, 7) is 0. The van der Waals surface area contributed by atoms with E-state index in [4.69, 9.17) is 4.74 Å². The normalized spacial score (nSPS) is 11.7. The lowest BCUT2D eigenvalue weighted by Gasteiger charge is -2.07. The van der Waals surface area contributed by atoms with Crippen LogP contribution in [-0.4, -0.2) is 33.2 Å². The monoisotopic (exact) mass is 453 g/mol. The summed E-state index contributed by atoms with van der Waals surface area (Å²) >= 11 is 4.04. The van der Waals surface area contributed by atoms with Gasteiger partial charge in [0.25, 0.3) is 0 Å². The predicted octanol–water partition coefficient (Wildman–Crippen LogP) is 5.48. The highest BCUT2D eigenvalue weighted by atomic mass is 32.2. The molecule has 2 N–H and O–H groups in total. The molecule has 0 unspecified atom stereocenters. The number of allylic oxidation sites excluding steroid dienone is 1. The van der Waals surface area contributed by atoms with Crippen molar-refractivity contribution in [1.29, 1.82) is 5.26 Å². The first-order chi connectivity index (χ1) is 14.7. The van der Waals surface area contributed by atoms with E-state index in [9.17, 15) is 10.4 Å². The van der Waals surface area contributed by atoms with E-state index < -0.39 is 0 Å². The molecular formula is C20H15N5O2S3. The van der Waals surface area contributed by atoms with Crippen LogP contribution < -0.4 is 10.1 Å². The van der Waals surface area contributed by atoms with Crippen molar-refractivity contribution in [2.24, 2.45) is 0 Å². The summed E-state index contributed by atoms with van der Waals surface area (Å²) in [4.78, 5) is 4.45. The molecule has 4 aromatic rings. The van der Waals surface area contributed by atoms with Crippen molar-refractivity contribution >= 4 is 61.0 Å². The molecule has 7 nitrogen and oxygen atoms in total. The zero-order valence-corrected chi connectivity index (χ0v) is 18.1. The van der Waals surface area contributed by atoms with Crippen LogP contribution in [0.25, 0.3) is 15.8 Å². The van der Waals surface area contributed by atoms with Gasteiger partial charge in [0.15, 0.2) is 4.34 Å². The minimum absolute atomic E-state index is 0.0315. The van der Waals surface area contributed by atoms with E-state index in [0.29, 0.717) is 20.2 Å². The van der Waals surface area contributed by atoms with E-state index in [1.54, 1.807) is 7.11 Å². The molecule has 2 aromatic heterocycles. The molecule has 0 bridgehead atoms. The van der Waals surface area contributed by atoms with Gasteiger partial charge in [0.1, 0.15) is 28.2 Å².